The minimum atomic E-state index is -3.15. The van der Waals surface area contributed by atoms with Crippen LogP contribution in [0.2, 0.25) is 0 Å². The van der Waals surface area contributed by atoms with Gasteiger partial charge in [-0.3, -0.25) is 4.79 Å². The normalized spacial score (nSPS) is 17.3. The summed E-state index contributed by atoms with van der Waals surface area (Å²) in [7, 11) is -3.15. The van der Waals surface area contributed by atoms with Crippen molar-refractivity contribution in [3.63, 3.8) is 0 Å². The largest absolute Gasteiger partial charge is 0.475 e. The van der Waals surface area contributed by atoms with Crippen molar-refractivity contribution < 1.29 is 27.5 Å². The second kappa shape index (κ2) is 6.49. The van der Waals surface area contributed by atoms with Gasteiger partial charge in [0.2, 0.25) is 15.8 Å². The zero-order valence-corrected chi connectivity index (χ0v) is 12.9. The van der Waals surface area contributed by atoms with Gasteiger partial charge in [-0.15, -0.1) is 0 Å². The Labute approximate surface area is 128 Å². The fourth-order valence-corrected chi connectivity index (χ4v) is 3.22. The first-order valence-electron chi connectivity index (χ1n) is 6.84. The van der Waals surface area contributed by atoms with E-state index in [4.69, 9.17) is 9.52 Å². The maximum Gasteiger partial charge on any atom is 0.371 e. The van der Waals surface area contributed by atoms with Crippen molar-refractivity contribution in [3.05, 3.63) is 23.7 Å². The third kappa shape index (κ3) is 4.08. The number of carbonyl (C=O) groups excluding carboxylic acids is 1. The zero-order valence-electron chi connectivity index (χ0n) is 12.1. The van der Waals surface area contributed by atoms with Gasteiger partial charge in [0.25, 0.3) is 5.91 Å². The Kier molecular flexibility index (Phi) is 4.87. The number of carbonyl (C=O) groups is 2. The molecule has 0 spiro atoms. The van der Waals surface area contributed by atoms with E-state index in [0.29, 0.717) is 32.5 Å². The SMILES string of the molecule is CS(=O)(=O)N1CCC(CNC(=O)c2ccc(C(=O)O)o2)CC1. The minimum Gasteiger partial charge on any atom is -0.475 e. The monoisotopic (exact) mass is 330 g/mol. The molecule has 1 aromatic rings. The Balaban J connectivity index is 1.81. The van der Waals surface area contributed by atoms with Crippen LogP contribution in [-0.4, -0.2) is 55.6 Å². The Morgan fingerprint density at radius 1 is 1.32 bits per heavy atom. The van der Waals surface area contributed by atoms with E-state index in [-0.39, 0.29) is 17.4 Å². The fourth-order valence-electron chi connectivity index (χ4n) is 2.34. The summed E-state index contributed by atoms with van der Waals surface area (Å²) in [5.74, 6) is -1.85. The lowest BCUT2D eigenvalue weighted by molar-refractivity contribution is 0.0659. The topological polar surface area (TPSA) is 117 Å². The quantitative estimate of drug-likeness (QED) is 0.806. The number of carboxylic acid groups (broad SMARTS) is 1. The standard InChI is InChI=1S/C13H18N2O6S/c1-22(19,20)15-6-4-9(5-7-15)8-14-12(16)10-2-3-11(21-10)13(17)18/h2-3,9H,4-8H2,1H3,(H,14,16)(H,17,18). The number of rotatable bonds is 5. The lowest BCUT2D eigenvalue weighted by atomic mass is 9.98. The second-order valence-electron chi connectivity index (χ2n) is 5.28. The number of piperidine rings is 1. The van der Waals surface area contributed by atoms with Gasteiger partial charge in [0.1, 0.15) is 0 Å². The van der Waals surface area contributed by atoms with Crippen LogP contribution in [0.25, 0.3) is 0 Å². The Hall–Kier alpha value is -1.87. The van der Waals surface area contributed by atoms with Crippen molar-refractivity contribution in [2.75, 3.05) is 25.9 Å². The van der Waals surface area contributed by atoms with Gasteiger partial charge in [-0.2, -0.15) is 0 Å². The summed E-state index contributed by atoms with van der Waals surface area (Å²) in [4.78, 5) is 22.5. The molecular weight excluding hydrogens is 312 g/mol. The van der Waals surface area contributed by atoms with Crippen LogP contribution in [-0.2, 0) is 10.0 Å². The first-order chi connectivity index (χ1) is 10.3. The number of furan rings is 1. The number of hydrogen-bond donors (Lipinski definition) is 2. The number of aromatic carboxylic acids is 1. The van der Waals surface area contributed by atoms with Gasteiger partial charge >= 0.3 is 5.97 Å². The van der Waals surface area contributed by atoms with Crippen LogP contribution in [0.5, 0.6) is 0 Å². The highest BCUT2D eigenvalue weighted by molar-refractivity contribution is 7.88. The lowest BCUT2D eigenvalue weighted by Crippen LogP contribution is -2.41. The number of amides is 1. The summed E-state index contributed by atoms with van der Waals surface area (Å²) < 4.78 is 29.1. The molecule has 1 aromatic heterocycles. The van der Waals surface area contributed by atoms with E-state index >= 15 is 0 Å². The summed E-state index contributed by atoms with van der Waals surface area (Å²) in [6, 6.07) is 2.53. The van der Waals surface area contributed by atoms with Crippen LogP contribution in [0.15, 0.2) is 16.5 Å². The van der Waals surface area contributed by atoms with Crippen molar-refractivity contribution in [2.45, 2.75) is 12.8 Å². The predicted octanol–water partition coefficient (Wildman–Crippen LogP) is 0.379. The van der Waals surface area contributed by atoms with E-state index in [1.807, 2.05) is 0 Å². The van der Waals surface area contributed by atoms with Gasteiger partial charge in [-0.1, -0.05) is 0 Å². The molecule has 8 nitrogen and oxygen atoms in total. The van der Waals surface area contributed by atoms with E-state index in [2.05, 4.69) is 5.32 Å². The molecule has 22 heavy (non-hydrogen) atoms. The molecule has 9 heteroatoms. The molecule has 1 fully saturated rings. The van der Waals surface area contributed by atoms with Crippen molar-refractivity contribution in [1.29, 1.82) is 0 Å². The van der Waals surface area contributed by atoms with Crippen molar-refractivity contribution in [1.82, 2.24) is 9.62 Å². The molecule has 0 saturated carbocycles. The third-order valence-electron chi connectivity index (χ3n) is 3.63. The molecule has 0 radical (unpaired) electrons. The second-order valence-corrected chi connectivity index (χ2v) is 7.27. The highest BCUT2D eigenvalue weighted by Crippen LogP contribution is 2.18. The maximum absolute atomic E-state index is 11.8. The molecule has 0 atom stereocenters. The molecule has 1 aliphatic rings. The highest BCUT2D eigenvalue weighted by Gasteiger charge is 2.25. The summed E-state index contributed by atoms with van der Waals surface area (Å²) in [5.41, 5.74) is 0. The van der Waals surface area contributed by atoms with Crippen LogP contribution >= 0.6 is 0 Å². The summed E-state index contributed by atoms with van der Waals surface area (Å²) >= 11 is 0. The predicted molar refractivity (Wildman–Crippen MR) is 77.1 cm³/mol. The van der Waals surface area contributed by atoms with Gasteiger partial charge in [0.15, 0.2) is 5.76 Å². The Bertz CT molecular complexity index is 658. The zero-order chi connectivity index (χ0) is 16.3. The average molecular weight is 330 g/mol. The Morgan fingerprint density at radius 3 is 2.41 bits per heavy atom. The molecular formula is C13H18N2O6S. The molecule has 0 unspecified atom stereocenters. The van der Waals surface area contributed by atoms with Gasteiger partial charge in [-0.25, -0.2) is 17.5 Å². The van der Waals surface area contributed by atoms with Gasteiger partial charge in [0, 0.05) is 19.6 Å². The first-order valence-corrected chi connectivity index (χ1v) is 8.68. The van der Waals surface area contributed by atoms with E-state index in [1.165, 1.54) is 22.7 Å². The van der Waals surface area contributed by atoms with Gasteiger partial charge in [-0.05, 0) is 30.9 Å². The highest BCUT2D eigenvalue weighted by atomic mass is 32.2. The van der Waals surface area contributed by atoms with Crippen molar-refractivity contribution >= 4 is 21.9 Å². The number of nitrogens with zero attached hydrogens (tertiary/aromatic N) is 1. The smallest absolute Gasteiger partial charge is 0.371 e. The summed E-state index contributed by atoms with van der Waals surface area (Å²) in [6.07, 6.45) is 2.53. The molecule has 0 bridgehead atoms. The molecule has 2 rings (SSSR count). The molecule has 0 aliphatic carbocycles. The van der Waals surface area contributed by atoms with Crippen LogP contribution in [0.3, 0.4) is 0 Å². The Morgan fingerprint density at radius 2 is 1.91 bits per heavy atom. The van der Waals surface area contributed by atoms with E-state index in [9.17, 15) is 18.0 Å². The van der Waals surface area contributed by atoms with Crippen LogP contribution in [0.4, 0.5) is 0 Å². The minimum absolute atomic E-state index is 0.0500. The average Bonchev–Trinajstić information content (AvgIpc) is 2.94. The fraction of sp³-hybridized carbons (Fsp3) is 0.538. The number of carboxylic acids is 1. The van der Waals surface area contributed by atoms with Crippen LogP contribution < -0.4 is 5.32 Å². The van der Waals surface area contributed by atoms with Crippen molar-refractivity contribution in [2.24, 2.45) is 5.92 Å². The number of sulfonamides is 1. The molecule has 1 amide bonds. The molecule has 2 N–H and O–H groups in total. The molecule has 0 aromatic carbocycles. The van der Waals surface area contributed by atoms with Gasteiger partial charge in [0.05, 0.1) is 6.26 Å². The summed E-state index contributed by atoms with van der Waals surface area (Å²) in [5, 5.41) is 11.4. The van der Waals surface area contributed by atoms with Crippen LogP contribution in [0.1, 0.15) is 34.0 Å². The van der Waals surface area contributed by atoms with E-state index in [0.717, 1.165) is 0 Å². The number of nitrogens with one attached hydrogen (secondary N) is 1. The lowest BCUT2D eigenvalue weighted by Gasteiger charge is -2.30. The van der Waals surface area contributed by atoms with Crippen molar-refractivity contribution in [3.8, 4) is 0 Å². The van der Waals surface area contributed by atoms with E-state index < -0.39 is 21.9 Å². The molecule has 1 aliphatic heterocycles. The maximum atomic E-state index is 11.8. The summed E-state index contributed by atoms with van der Waals surface area (Å²) in [6.45, 7) is 1.30. The molecule has 122 valence electrons. The van der Waals surface area contributed by atoms with Gasteiger partial charge < -0.3 is 14.8 Å². The molecule has 1 saturated heterocycles. The van der Waals surface area contributed by atoms with E-state index in [1.54, 1.807) is 0 Å². The third-order valence-corrected chi connectivity index (χ3v) is 4.94. The first kappa shape index (κ1) is 16.5. The molecule has 2 heterocycles. The van der Waals surface area contributed by atoms with Crippen LogP contribution in [0, 0.1) is 5.92 Å². The number of hydrogen-bond acceptors (Lipinski definition) is 5.